The van der Waals surface area contributed by atoms with E-state index in [0.717, 1.165) is 25.7 Å². The zero-order valence-electron chi connectivity index (χ0n) is 10.2. The van der Waals surface area contributed by atoms with Crippen LogP contribution in [0.3, 0.4) is 0 Å². The maximum absolute atomic E-state index is 10.7. The average Bonchev–Trinajstić information content (AvgIpc) is 2.55. The van der Waals surface area contributed by atoms with Crippen molar-refractivity contribution < 1.29 is 15.0 Å². The number of carboxylic acid groups (broad SMARTS) is 1. The summed E-state index contributed by atoms with van der Waals surface area (Å²) in [5.41, 5.74) is 0. The highest BCUT2D eigenvalue weighted by molar-refractivity contribution is 5.67. The number of aliphatic hydroxyl groups excluding tert-OH is 1. The number of carboxylic acids is 1. The lowest BCUT2D eigenvalue weighted by Crippen LogP contribution is -2.21. The molecule has 1 aliphatic carbocycles. The molecule has 0 amide bonds. The van der Waals surface area contributed by atoms with Crippen molar-refractivity contribution in [2.24, 2.45) is 11.8 Å². The Hall–Kier alpha value is -0.570. The van der Waals surface area contributed by atoms with Gasteiger partial charge >= 0.3 is 5.97 Å². The second kappa shape index (κ2) is 6.89. The molecule has 1 aliphatic rings. The van der Waals surface area contributed by atoms with E-state index in [4.69, 9.17) is 5.11 Å². The molecule has 0 heterocycles. The minimum Gasteiger partial charge on any atom is -0.481 e. The Morgan fingerprint density at radius 2 is 2.00 bits per heavy atom. The first kappa shape index (κ1) is 13.5. The highest BCUT2D eigenvalue weighted by Gasteiger charge is 2.35. The number of rotatable bonds is 7. The zero-order chi connectivity index (χ0) is 12.0. The summed E-state index contributed by atoms with van der Waals surface area (Å²) >= 11 is 0. The fourth-order valence-electron chi connectivity index (χ4n) is 2.84. The zero-order valence-corrected chi connectivity index (χ0v) is 10.2. The Morgan fingerprint density at radius 3 is 2.62 bits per heavy atom. The molecular formula is C13H24O3. The van der Waals surface area contributed by atoms with Crippen LogP contribution < -0.4 is 0 Å². The lowest BCUT2D eigenvalue weighted by Gasteiger charge is -2.20. The van der Waals surface area contributed by atoms with Crippen LogP contribution in [0.5, 0.6) is 0 Å². The van der Waals surface area contributed by atoms with Gasteiger partial charge in [-0.05, 0) is 31.1 Å². The topological polar surface area (TPSA) is 57.5 Å². The van der Waals surface area contributed by atoms with Gasteiger partial charge in [-0.25, -0.2) is 0 Å². The maximum Gasteiger partial charge on any atom is 0.303 e. The fourth-order valence-corrected chi connectivity index (χ4v) is 2.84. The molecule has 0 radical (unpaired) electrons. The number of hydrogen-bond acceptors (Lipinski definition) is 2. The van der Waals surface area contributed by atoms with Crippen LogP contribution in [-0.2, 0) is 4.79 Å². The molecule has 3 unspecified atom stereocenters. The second-order valence-electron chi connectivity index (χ2n) is 5.02. The quantitative estimate of drug-likeness (QED) is 0.659. The first-order chi connectivity index (χ1) is 7.65. The van der Waals surface area contributed by atoms with Gasteiger partial charge in [0.15, 0.2) is 0 Å². The third-order valence-corrected chi connectivity index (χ3v) is 3.76. The summed E-state index contributed by atoms with van der Waals surface area (Å²) in [5, 5.41) is 18.6. The fraction of sp³-hybridized carbons (Fsp3) is 0.923. The molecule has 1 rings (SSSR count). The van der Waals surface area contributed by atoms with Gasteiger partial charge in [-0.3, -0.25) is 4.79 Å². The molecule has 1 fully saturated rings. The summed E-state index contributed by atoms with van der Waals surface area (Å²) in [7, 11) is 0. The number of carbonyl (C=O) groups is 1. The Bertz CT molecular complexity index is 215. The van der Waals surface area contributed by atoms with E-state index in [1.54, 1.807) is 0 Å². The van der Waals surface area contributed by atoms with Crippen LogP contribution >= 0.6 is 0 Å². The van der Waals surface area contributed by atoms with Crippen molar-refractivity contribution >= 4 is 5.97 Å². The Labute approximate surface area is 97.9 Å². The van der Waals surface area contributed by atoms with E-state index in [1.165, 1.54) is 19.3 Å². The lowest BCUT2D eigenvalue weighted by atomic mass is 9.87. The lowest BCUT2D eigenvalue weighted by molar-refractivity contribution is -0.138. The first-order valence-corrected chi connectivity index (χ1v) is 6.55. The Morgan fingerprint density at radius 1 is 1.25 bits per heavy atom. The molecule has 0 aliphatic heterocycles. The monoisotopic (exact) mass is 228 g/mol. The van der Waals surface area contributed by atoms with Crippen molar-refractivity contribution in [2.75, 3.05) is 0 Å². The molecule has 0 aromatic heterocycles. The van der Waals surface area contributed by atoms with E-state index in [1.807, 2.05) is 0 Å². The molecule has 2 N–H and O–H groups in total. The second-order valence-corrected chi connectivity index (χ2v) is 5.02. The summed E-state index contributed by atoms with van der Waals surface area (Å²) in [6.45, 7) is 2.18. The van der Waals surface area contributed by atoms with Crippen molar-refractivity contribution in [2.45, 2.75) is 64.4 Å². The highest BCUT2D eigenvalue weighted by atomic mass is 16.4. The van der Waals surface area contributed by atoms with Gasteiger partial charge in [0, 0.05) is 6.42 Å². The number of hydrogen-bond donors (Lipinski definition) is 2. The molecule has 1 saturated carbocycles. The van der Waals surface area contributed by atoms with Gasteiger partial charge in [0.05, 0.1) is 6.10 Å². The summed E-state index contributed by atoms with van der Waals surface area (Å²) < 4.78 is 0. The van der Waals surface area contributed by atoms with Crippen molar-refractivity contribution in [3.05, 3.63) is 0 Å². The minimum atomic E-state index is -0.724. The van der Waals surface area contributed by atoms with Gasteiger partial charge in [0.1, 0.15) is 0 Å². The van der Waals surface area contributed by atoms with Gasteiger partial charge in [0.25, 0.3) is 0 Å². The first-order valence-electron chi connectivity index (χ1n) is 6.55. The molecule has 3 atom stereocenters. The van der Waals surface area contributed by atoms with Gasteiger partial charge in [-0.15, -0.1) is 0 Å². The van der Waals surface area contributed by atoms with Gasteiger partial charge in [0.2, 0.25) is 0 Å². The van der Waals surface area contributed by atoms with Crippen LogP contribution in [0.2, 0.25) is 0 Å². The van der Waals surface area contributed by atoms with Crippen LogP contribution in [0.15, 0.2) is 0 Å². The van der Waals surface area contributed by atoms with Crippen molar-refractivity contribution in [3.63, 3.8) is 0 Å². The average molecular weight is 228 g/mol. The number of unbranched alkanes of at least 4 members (excludes halogenated alkanes) is 3. The normalized spacial score (nSPS) is 29.5. The predicted octanol–water partition coefficient (Wildman–Crippen LogP) is 2.82. The third kappa shape index (κ3) is 4.12. The molecule has 0 aromatic carbocycles. The van der Waals surface area contributed by atoms with Crippen molar-refractivity contribution in [3.8, 4) is 0 Å². The summed E-state index contributed by atoms with van der Waals surface area (Å²) in [6, 6.07) is 0. The van der Waals surface area contributed by atoms with E-state index in [-0.39, 0.29) is 24.4 Å². The van der Waals surface area contributed by atoms with Crippen LogP contribution in [0.25, 0.3) is 0 Å². The molecule has 3 heteroatoms. The van der Waals surface area contributed by atoms with E-state index in [0.29, 0.717) is 0 Å². The number of aliphatic hydroxyl groups is 1. The predicted molar refractivity (Wildman–Crippen MR) is 63.2 cm³/mol. The molecule has 16 heavy (non-hydrogen) atoms. The standard InChI is InChI=1S/C13H24O3/c1-2-3-4-5-6-11-10(9-13(15)16)7-8-12(11)14/h10-12,14H,2-9H2,1H3,(H,15,16). The van der Waals surface area contributed by atoms with Crippen molar-refractivity contribution in [1.29, 1.82) is 0 Å². The molecule has 3 nitrogen and oxygen atoms in total. The highest BCUT2D eigenvalue weighted by Crippen LogP contribution is 2.37. The number of aliphatic carboxylic acids is 1. The van der Waals surface area contributed by atoms with Crippen LogP contribution in [-0.4, -0.2) is 22.3 Å². The summed E-state index contributed by atoms with van der Waals surface area (Å²) in [4.78, 5) is 10.7. The molecular weight excluding hydrogens is 204 g/mol. The SMILES string of the molecule is CCCCCCC1C(O)CCC1CC(=O)O. The van der Waals surface area contributed by atoms with E-state index in [2.05, 4.69) is 6.92 Å². The van der Waals surface area contributed by atoms with Crippen molar-refractivity contribution in [1.82, 2.24) is 0 Å². The minimum absolute atomic E-state index is 0.203. The Kier molecular flexibility index (Phi) is 5.81. The van der Waals surface area contributed by atoms with E-state index in [9.17, 15) is 9.90 Å². The Balaban J connectivity index is 2.31. The maximum atomic E-state index is 10.7. The molecule has 0 saturated heterocycles. The smallest absolute Gasteiger partial charge is 0.303 e. The van der Waals surface area contributed by atoms with Crippen LogP contribution in [0.4, 0.5) is 0 Å². The molecule has 94 valence electrons. The van der Waals surface area contributed by atoms with E-state index < -0.39 is 5.97 Å². The molecule has 0 aromatic rings. The summed E-state index contributed by atoms with van der Waals surface area (Å²) in [6.07, 6.45) is 7.44. The molecule has 0 bridgehead atoms. The van der Waals surface area contributed by atoms with Gasteiger partial charge < -0.3 is 10.2 Å². The molecule has 0 spiro atoms. The third-order valence-electron chi connectivity index (χ3n) is 3.76. The van der Waals surface area contributed by atoms with Gasteiger partial charge in [-0.2, -0.15) is 0 Å². The largest absolute Gasteiger partial charge is 0.481 e. The van der Waals surface area contributed by atoms with Crippen LogP contribution in [0.1, 0.15) is 58.3 Å². The van der Waals surface area contributed by atoms with E-state index >= 15 is 0 Å². The van der Waals surface area contributed by atoms with Crippen LogP contribution in [0, 0.1) is 11.8 Å². The van der Waals surface area contributed by atoms with Gasteiger partial charge in [-0.1, -0.05) is 32.6 Å². The summed E-state index contributed by atoms with van der Waals surface area (Å²) in [5.74, 6) is -0.292.